The van der Waals surface area contributed by atoms with E-state index in [0.29, 0.717) is 10.5 Å². The number of nitrogens with zero attached hydrogens (tertiary/aromatic N) is 2. The van der Waals surface area contributed by atoms with E-state index in [-0.39, 0.29) is 0 Å². The molecule has 2 aromatic rings. The summed E-state index contributed by atoms with van der Waals surface area (Å²) in [7, 11) is 0. The van der Waals surface area contributed by atoms with Crippen molar-refractivity contribution in [2.45, 2.75) is 6.92 Å². The summed E-state index contributed by atoms with van der Waals surface area (Å²) in [5.74, 6) is 0.678. The molecule has 70 valence electrons. The van der Waals surface area contributed by atoms with Gasteiger partial charge in [-0.2, -0.15) is 0 Å². The summed E-state index contributed by atoms with van der Waals surface area (Å²) >= 11 is 5.02. The first kappa shape index (κ1) is 9.02. The molecule has 0 saturated heterocycles. The molecule has 4 heteroatoms. The van der Waals surface area contributed by atoms with Crippen LogP contribution in [0.3, 0.4) is 0 Å². The smallest absolute Gasteiger partial charge is 0.176 e. The van der Waals surface area contributed by atoms with Gasteiger partial charge in [0.2, 0.25) is 0 Å². The summed E-state index contributed by atoms with van der Waals surface area (Å²) < 4.78 is 0.688. The Bertz CT molecular complexity index is 504. The number of pyridine rings is 1. The molecule has 0 fully saturated rings. The highest BCUT2D eigenvalue weighted by molar-refractivity contribution is 7.71. The van der Waals surface area contributed by atoms with Crippen molar-refractivity contribution in [1.29, 1.82) is 0 Å². The molecule has 0 spiro atoms. The summed E-state index contributed by atoms with van der Waals surface area (Å²) in [6, 6.07) is 7.49. The lowest BCUT2D eigenvalue weighted by Gasteiger charge is -2.00. The van der Waals surface area contributed by atoms with E-state index in [2.05, 4.69) is 15.0 Å². The first-order valence-electron chi connectivity index (χ1n) is 4.25. The summed E-state index contributed by atoms with van der Waals surface area (Å²) in [5.41, 5.74) is 1.79. The second kappa shape index (κ2) is 3.67. The molecule has 2 heterocycles. The Balaban J connectivity index is 2.55. The maximum Gasteiger partial charge on any atom is 0.176 e. The first-order chi connectivity index (χ1) is 6.75. The highest BCUT2D eigenvalue weighted by atomic mass is 32.1. The highest BCUT2D eigenvalue weighted by Crippen LogP contribution is 2.10. The monoisotopic (exact) mass is 203 g/mol. The number of H-pyrrole nitrogens is 1. The number of nitrogens with one attached hydrogen (secondary N) is 1. The molecule has 3 nitrogen and oxygen atoms in total. The SMILES string of the molecule is Cc1ccnc(-c2cccc(=S)[nH]2)n1. The number of rotatable bonds is 1. The van der Waals surface area contributed by atoms with Gasteiger partial charge in [-0.1, -0.05) is 18.3 Å². The van der Waals surface area contributed by atoms with Crippen molar-refractivity contribution >= 4 is 12.2 Å². The molecular weight excluding hydrogens is 194 g/mol. The van der Waals surface area contributed by atoms with Crippen LogP contribution in [0.1, 0.15) is 5.69 Å². The van der Waals surface area contributed by atoms with Crippen LogP contribution in [0.15, 0.2) is 30.5 Å². The van der Waals surface area contributed by atoms with Gasteiger partial charge in [-0.25, -0.2) is 9.97 Å². The molecule has 0 bridgehead atoms. The molecule has 0 aliphatic rings. The van der Waals surface area contributed by atoms with Crippen LogP contribution in [-0.2, 0) is 0 Å². The van der Waals surface area contributed by atoms with Crippen molar-refractivity contribution in [2.24, 2.45) is 0 Å². The van der Waals surface area contributed by atoms with Crippen LogP contribution in [-0.4, -0.2) is 15.0 Å². The molecule has 0 radical (unpaired) electrons. The van der Waals surface area contributed by atoms with Crippen molar-refractivity contribution in [3.05, 3.63) is 40.8 Å². The molecule has 0 atom stereocenters. The summed E-state index contributed by atoms with van der Waals surface area (Å²) in [6.07, 6.45) is 1.74. The largest absolute Gasteiger partial charge is 0.344 e. The Morgan fingerprint density at radius 2 is 2.14 bits per heavy atom. The van der Waals surface area contributed by atoms with Crippen molar-refractivity contribution in [1.82, 2.24) is 15.0 Å². The highest BCUT2D eigenvalue weighted by Gasteiger charge is 1.99. The van der Waals surface area contributed by atoms with E-state index in [4.69, 9.17) is 12.2 Å². The zero-order valence-corrected chi connectivity index (χ0v) is 8.51. The predicted octanol–water partition coefficient (Wildman–Crippen LogP) is 2.51. The number of hydrogen-bond acceptors (Lipinski definition) is 3. The third kappa shape index (κ3) is 1.85. The third-order valence-electron chi connectivity index (χ3n) is 1.80. The molecule has 0 unspecified atom stereocenters. The maximum absolute atomic E-state index is 5.02. The minimum absolute atomic E-state index is 0.678. The summed E-state index contributed by atoms with van der Waals surface area (Å²) in [5, 5.41) is 0. The van der Waals surface area contributed by atoms with Gasteiger partial charge in [-0.3, -0.25) is 0 Å². The number of aromatic nitrogens is 3. The molecule has 2 aromatic heterocycles. The normalized spacial score (nSPS) is 10.1. The van der Waals surface area contributed by atoms with Crippen LogP contribution in [0.5, 0.6) is 0 Å². The van der Waals surface area contributed by atoms with Gasteiger partial charge < -0.3 is 4.98 Å². The third-order valence-corrected chi connectivity index (χ3v) is 2.04. The molecule has 0 aliphatic carbocycles. The van der Waals surface area contributed by atoms with Gasteiger partial charge in [-0.15, -0.1) is 0 Å². The van der Waals surface area contributed by atoms with Gasteiger partial charge in [0.05, 0.1) is 5.69 Å². The van der Waals surface area contributed by atoms with Crippen LogP contribution < -0.4 is 0 Å². The minimum Gasteiger partial charge on any atom is -0.344 e. The van der Waals surface area contributed by atoms with E-state index < -0.39 is 0 Å². The molecule has 0 saturated carbocycles. The van der Waals surface area contributed by atoms with Gasteiger partial charge in [0.1, 0.15) is 4.64 Å². The zero-order valence-electron chi connectivity index (χ0n) is 7.69. The fourth-order valence-electron chi connectivity index (χ4n) is 1.16. The Morgan fingerprint density at radius 3 is 2.86 bits per heavy atom. The zero-order chi connectivity index (χ0) is 9.97. The molecule has 14 heavy (non-hydrogen) atoms. The Morgan fingerprint density at radius 1 is 1.29 bits per heavy atom. The van der Waals surface area contributed by atoms with Gasteiger partial charge in [0.25, 0.3) is 0 Å². The fourth-order valence-corrected chi connectivity index (χ4v) is 1.35. The van der Waals surface area contributed by atoms with E-state index in [1.165, 1.54) is 0 Å². The number of aryl methyl sites for hydroxylation is 1. The Hall–Kier alpha value is -1.55. The van der Waals surface area contributed by atoms with Crippen molar-refractivity contribution < 1.29 is 0 Å². The lowest BCUT2D eigenvalue weighted by molar-refractivity contribution is 1.09. The van der Waals surface area contributed by atoms with Gasteiger partial charge in [0.15, 0.2) is 5.82 Å². The van der Waals surface area contributed by atoms with Crippen LogP contribution >= 0.6 is 12.2 Å². The van der Waals surface area contributed by atoms with Crippen molar-refractivity contribution in [3.63, 3.8) is 0 Å². The van der Waals surface area contributed by atoms with E-state index >= 15 is 0 Å². The van der Waals surface area contributed by atoms with E-state index in [9.17, 15) is 0 Å². The van der Waals surface area contributed by atoms with Gasteiger partial charge >= 0.3 is 0 Å². The average Bonchev–Trinajstić information content (AvgIpc) is 2.18. The van der Waals surface area contributed by atoms with E-state index in [1.54, 1.807) is 6.20 Å². The molecule has 2 rings (SSSR count). The van der Waals surface area contributed by atoms with Crippen molar-refractivity contribution in [2.75, 3.05) is 0 Å². The number of aromatic amines is 1. The average molecular weight is 203 g/mol. The second-order valence-corrected chi connectivity index (χ2v) is 3.39. The molecule has 1 N–H and O–H groups in total. The van der Waals surface area contributed by atoms with Crippen LogP contribution in [0, 0.1) is 11.6 Å². The topological polar surface area (TPSA) is 41.6 Å². The molecular formula is C10H9N3S. The van der Waals surface area contributed by atoms with E-state index in [1.807, 2.05) is 31.2 Å². The molecule has 0 amide bonds. The molecule has 0 aliphatic heterocycles. The first-order valence-corrected chi connectivity index (χ1v) is 4.66. The standard InChI is InChI=1S/C10H9N3S/c1-7-5-6-11-10(12-7)8-3-2-4-9(14)13-8/h2-6H,1H3,(H,13,14). The lowest BCUT2D eigenvalue weighted by atomic mass is 10.3. The van der Waals surface area contributed by atoms with Gasteiger partial charge in [0, 0.05) is 11.9 Å². The summed E-state index contributed by atoms with van der Waals surface area (Å²) in [4.78, 5) is 11.5. The quantitative estimate of drug-likeness (QED) is 0.724. The Labute approximate surface area is 86.9 Å². The number of hydrogen-bond donors (Lipinski definition) is 1. The van der Waals surface area contributed by atoms with Crippen LogP contribution in [0.2, 0.25) is 0 Å². The predicted molar refractivity (Wildman–Crippen MR) is 57.4 cm³/mol. The molecule has 0 aromatic carbocycles. The van der Waals surface area contributed by atoms with Crippen molar-refractivity contribution in [3.8, 4) is 11.5 Å². The second-order valence-electron chi connectivity index (χ2n) is 2.95. The van der Waals surface area contributed by atoms with Gasteiger partial charge in [-0.05, 0) is 25.1 Å². The fraction of sp³-hybridized carbons (Fsp3) is 0.100. The van der Waals surface area contributed by atoms with E-state index in [0.717, 1.165) is 11.4 Å². The lowest BCUT2D eigenvalue weighted by Crippen LogP contribution is -1.92. The minimum atomic E-state index is 0.678. The maximum atomic E-state index is 5.02. The van der Waals surface area contributed by atoms with Crippen LogP contribution in [0.25, 0.3) is 11.5 Å². The van der Waals surface area contributed by atoms with Crippen LogP contribution in [0.4, 0.5) is 0 Å². The Kier molecular flexibility index (Phi) is 2.37. The summed E-state index contributed by atoms with van der Waals surface area (Å²) in [6.45, 7) is 1.93.